The van der Waals surface area contributed by atoms with Gasteiger partial charge in [0.25, 0.3) is 0 Å². The zero-order valence-electron chi connectivity index (χ0n) is 12.5. The average molecular weight is 280 g/mol. The van der Waals surface area contributed by atoms with Crippen LogP contribution in [0.5, 0.6) is 0 Å². The molecular formula is C17H20N4. The van der Waals surface area contributed by atoms with Crippen LogP contribution in [-0.2, 0) is 26.6 Å². The van der Waals surface area contributed by atoms with Crippen LogP contribution < -0.4 is 5.32 Å². The lowest BCUT2D eigenvalue weighted by atomic mass is 10.1. The van der Waals surface area contributed by atoms with Crippen LogP contribution in [0.1, 0.15) is 23.7 Å². The third kappa shape index (κ3) is 3.11. The lowest BCUT2D eigenvalue weighted by Crippen LogP contribution is -2.13. The van der Waals surface area contributed by atoms with Crippen LogP contribution in [0.2, 0.25) is 0 Å². The SMILES string of the molecule is CCc1nn(C)cc1CNCc1ccc2ncccc2c1. The van der Waals surface area contributed by atoms with Gasteiger partial charge in [0.1, 0.15) is 0 Å². The maximum Gasteiger partial charge on any atom is 0.0702 e. The molecule has 21 heavy (non-hydrogen) atoms. The van der Waals surface area contributed by atoms with Crippen LogP contribution in [0.4, 0.5) is 0 Å². The fourth-order valence-corrected chi connectivity index (χ4v) is 2.61. The van der Waals surface area contributed by atoms with E-state index in [2.05, 4.69) is 52.8 Å². The molecule has 0 saturated carbocycles. The number of aryl methyl sites for hydroxylation is 2. The highest BCUT2D eigenvalue weighted by Crippen LogP contribution is 2.13. The first-order valence-electron chi connectivity index (χ1n) is 7.32. The van der Waals surface area contributed by atoms with Crippen molar-refractivity contribution in [2.75, 3.05) is 0 Å². The molecule has 1 aromatic carbocycles. The van der Waals surface area contributed by atoms with Crippen molar-refractivity contribution in [2.24, 2.45) is 7.05 Å². The van der Waals surface area contributed by atoms with E-state index < -0.39 is 0 Å². The maximum atomic E-state index is 4.46. The quantitative estimate of drug-likeness (QED) is 0.781. The molecule has 0 saturated heterocycles. The number of benzene rings is 1. The van der Waals surface area contributed by atoms with E-state index in [1.165, 1.54) is 22.2 Å². The molecule has 0 spiro atoms. The van der Waals surface area contributed by atoms with Gasteiger partial charge in [-0.15, -0.1) is 0 Å². The van der Waals surface area contributed by atoms with Gasteiger partial charge in [-0.25, -0.2) is 0 Å². The summed E-state index contributed by atoms with van der Waals surface area (Å²) in [6.45, 7) is 3.84. The van der Waals surface area contributed by atoms with Crippen LogP contribution in [0.3, 0.4) is 0 Å². The van der Waals surface area contributed by atoms with E-state index in [1.807, 2.05) is 24.0 Å². The van der Waals surface area contributed by atoms with Crippen LogP contribution >= 0.6 is 0 Å². The van der Waals surface area contributed by atoms with E-state index in [9.17, 15) is 0 Å². The standard InChI is InChI=1S/C17H20N4/c1-3-16-15(12-21(2)20-16)11-18-10-13-6-7-17-14(9-13)5-4-8-19-17/h4-9,12,18H,3,10-11H2,1-2H3. The van der Waals surface area contributed by atoms with E-state index in [4.69, 9.17) is 0 Å². The normalized spacial score (nSPS) is 11.1. The molecule has 0 radical (unpaired) electrons. The number of rotatable bonds is 5. The lowest BCUT2D eigenvalue weighted by Gasteiger charge is -2.06. The zero-order chi connectivity index (χ0) is 14.7. The molecule has 108 valence electrons. The number of fused-ring (bicyclic) bond motifs is 1. The Kier molecular flexibility index (Phi) is 3.97. The van der Waals surface area contributed by atoms with Gasteiger partial charge < -0.3 is 5.32 Å². The Hall–Kier alpha value is -2.20. The lowest BCUT2D eigenvalue weighted by molar-refractivity contribution is 0.688. The van der Waals surface area contributed by atoms with E-state index in [-0.39, 0.29) is 0 Å². The predicted molar refractivity (Wildman–Crippen MR) is 84.9 cm³/mol. The van der Waals surface area contributed by atoms with Gasteiger partial charge in [-0.05, 0) is 30.2 Å². The fourth-order valence-electron chi connectivity index (χ4n) is 2.61. The summed E-state index contributed by atoms with van der Waals surface area (Å²) >= 11 is 0. The van der Waals surface area contributed by atoms with Gasteiger partial charge in [0.2, 0.25) is 0 Å². The van der Waals surface area contributed by atoms with Crippen LogP contribution in [0, 0.1) is 0 Å². The second-order valence-corrected chi connectivity index (χ2v) is 5.26. The molecule has 0 atom stereocenters. The minimum Gasteiger partial charge on any atom is -0.308 e. The van der Waals surface area contributed by atoms with Crippen molar-refractivity contribution in [1.29, 1.82) is 0 Å². The van der Waals surface area contributed by atoms with Crippen LogP contribution in [0.15, 0.2) is 42.7 Å². The van der Waals surface area contributed by atoms with E-state index >= 15 is 0 Å². The second-order valence-electron chi connectivity index (χ2n) is 5.26. The summed E-state index contributed by atoms with van der Waals surface area (Å²) in [5.41, 5.74) is 4.77. The molecule has 0 aliphatic heterocycles. The zero-order valence-corrected chi connectivity index (χ0v) is 12.5. The first-order chi connectivity index (χ1) is 10.3. The first kappa shape index (κ1) is 13.8. The highest BCUT2D eigenvalue weighted by Gasteiger charge is 2.05. The fraction of sp³-hybridized carbons (Fsp3) is 0.294. The molecule has 1 N–H and O–H groups in total. The number of hydrogen-bond acceptors (Lipinski definition) is 3. The largest absolute Gasteiger partial charge is 0.308 e. The predicted octanol–water partition coefficient (Wildman–Crippen LogP) is 2.82. The van der Waals surface area contributed by atoms with Crippen molar-refractivity contribution in [3.63, 3.8) is 0 Å². The van der Waals surface area contributed by atoms with Gasteiger partial charge in [0.05, 0.1) is 11.2 Å². The van der Waals surface area contributed by atoms with Crippen molar-refractivity contribution in [2.45, 2.75) is 26.4 Å². The molecule has 0 amide bonds. The summed E-state index contributed by atoms with van der Waals surface area (Å²) in [5.74, 6) is 0. The van der Waals surface area contributed by atoms with Gasteiger partial charge in [-0.3, -0.25) is 9.67 Å². The molecular weight excluding hydrogens is 260 g/mol. The Bertz CT molecular complexity index is 745. The highest BCUT2D eigenvalue weighted by atomic mass is 15.3. The summed E-state index contributed by atoms with van der Waals surface area (Å²) in [5, 5.41) is 9.15. The number of aromatic nitrogens is 3. The third-order valence-electron chi connectivity index (χ3n) is 3.64. The Morgan fingerprint density at radius 3 is 2.95 bits per heavy atom. The Labute approximate surface area is 124 Å². The van der Waals surface area contributed by atoms with Gasteiger partial charge in [0, 0.05) is 43.5 Å². The molecule has 3 rings (SSSR count). The second kappa shape index (κ2) is 6.06. The average Bonchev–Trinajstić information content (AvgIpc) is 2.87. The number of pyridine rings is 1. The third-order valence-corrected chi connectivity index (χ3v) is 3.64. The molecule has 0 bridgehead atoms. The molecule has 0 aliphatic carbocycles. The molecule has 0 unspecified atom stereocenters. The summed E-state index contributed by atoms with van der Waals surface area (Å²) in [6, 6.07) is 10.5. The smallest absolute Gasteiger partial charge is 0.0702 e. The van der Waals surface area contributed by atoms with Crippen molar-refractivity contribution >= 4 is 10.9 Å². The molecule has 3 aromatic rings. The van der Waals surface area contributed by atoms with Gasteiger partial charge in [0.15, 0.2) is 0 Å². The van der Waals surface area contributed by atoms with Crippen molar-refractivity contribution in [1.82, 2.24) is 20.1 Å². The van der Waals surface area contributed by atoms with Gasteiger partial charge >= 0.3 is 0 Å². The van der Waals surface area contributed by atoms with E-state index in [0.29, 0.717) is 0 Å². The molecule has 4 nitrogen and oxygen atoms in total. The van der Waals surface area contributed by atoms with Crippen molar-refractivity contribution in [3.8, 4) is 0 Å². The summed E-state index contributed by atoms with van der Waals surface area (Å²) in [4.78, 5) is 4.34. The number of nitrogens with one attached hydrogen (secondary N) is 1. The van der Waals surface area contributed by atoms with Crippen LogP contribution in [-0.4, -0.2) is 14.8 Å². The molecule has 0 fully saturated rings. The minimum absolute atomic E-state index is 0.849. The van der Waals surface area contributed by atoms with Crippen molar-refractivity contribution < 1.29 is 0 Å². The topological polar surface area (TPSA) is 42.7 Å². The van der Waals surface area contributed by atoms with E-state index in [0.717, 1.165) is 25.0 Å². The van der Waals surface area contributed by atoms with E-state index in [1.54, 1.807) is 0 Å². The molecule has 2 aromatic heterocycles. The first-order valence-corrected chi connectivity index (χ1v) is 7.32. The summed E-state index contributed by atoms with van der Waals surface area (Å²) < 4.78 is 1.89. The molecule has 0 aliphatic rings. The highest BCUT2D eigenvalue weighted by molar-refractivity contribution is 5.78. The van der Waals surface area contributed by atoms with Crippen LogP contribution in [0.25, 0.3) is 10.9 Å². The Morgan fingerprint density at radius 1 is 1.19 bits per heavy atom. The number of nitrogens with zero attached hydrogens (tertiary/aromatic N) is 3. The number of hydrogen-bond donors (Lipinski definition) is 1. The Balaban J connectivity index is 1.66. The van der Waals surface area contributed by atoms with Crippen molar-refractivity contribution in [3.05, 3.63) is 59.5 Å². The Morgan fingerprint density at radius 2 is 2.10 bits per heavy atom. The maximum absolute atomic E-state index is 4.46. The molecule has 4 heteroatoms. The van der Waals surface area contributed by atoms with Gasteiger partial charge in [-0.2, -0.15) is 5.10 Å². The molecule has 2 heterocycles. The summed E-state index contributed by atoms with van der Waals surface area (Å²) in [6.07, 6.45) is 4.89. The van der Waals surface area contributed by atoms with Gasteiger partial charge in [-0.1, -0.05) is 19.1 Å². The summed E-state index contributed by atoms with van der Waals surface area (Å²) in [7, 11) is 1.97. The minimum atomic E-state index is 0.849. The monoisotopic (exact) mass is 280 g/mol.